The van der Waals surface area contributed by atoms with Gasteiger partial charge < -0.3 is 0 Å². The van der Waals surface area contributed by atoms with Crippen molar-refractivity contribution in [2.24, 2.45) is 0 Å². The van der Waals surface area contributed by atoms with Gasteiger partial charge in [0.25, 0.3) is 0 Å². The molecule has 0 amide bonds. The van der Waals surface area contributed by atoms with Crippen molar-refractivity contribution in [1.29, 1.82) is 0 Å². The minimum Gasteiger partial charge on any atom is -0.255 e. The summed E-state index contributed by atoms with van der Waals surface area (Å²) >= 11 is 4.73. The average Bonchev–Trinajstić information content (AvgIpc) is 2.17. The Bertz CT molecular complexity index is 418. The van der Waals surface area contributed by atoms with Crippen molar-refractivity contribution in [3.8, 4) is 0 Å². The summed E-state index contributed by atoms with van der Waals surface area (Å²) in [5.41, 5.74) is 0.753. The summed E-state index contributed by atoms with van der Waals surface area (Å²) < 4.78 is 0. The molecule has 0 aliphatic heterocycles. The molecular weight excluding hydrogens is 166 g/mol. The van der Waals surface area contributed by atoms with Gasteiger partial charge in [-0.25, -0.2) is 0 Å². The van der Waals surface area contributed by atoms with E-state index in [1.165, 1.54) is 0 Å². The Morgan fingerprint density at radius 1 is 1.17 bits per heavy atom. The van der Waals surface area contributed by atoms with Crippen molar-refractivity contribution < 1.29 is 0 Å². The van der Waals surface area contributed by atoms with E-state index in [2.05, 4.69) is 10.4 Å². The van der Waals surface area contributed by atoms with Crippen LogP contribution in [0.15, 0.2) is 36.5 Å². The smallest absolute Gasteiger partial charge is 0.0904 e. The number of pyridine rings is 1. The van der Waals surface area contributed by atoms with Crippen molar-refractivity contribution in [2.75, 3.05) is 0 Å². The van der Waals surface area contributed by atoms with Gasteiger partial charge in [-0.05, 0) is 11.5 Å². The highest BCUT2D eigenvalue weighted by Gasteiger charge is 1.96. The average molecular weight is 172 g/mol. The van der Waals surface area contributed by atoms with Crippen LogP contribution in [0.25, 0.3) is 10.8 Å². The molecule has 1 radical (unpaired) electrons. The number of hydrogen-bond donors (Lipinski definition) is 0. The predicted octanol–water partition coefficient (Wildman–Crippen LogP) is 2.46. The maximum absolute atomic E-state index is 4.73. The topological polar surface area (TPSA) is 12.9 Å². The van der Waals surface area contributed by atoms with Crippen LogP contribution in [-0.4, -0.2) is 10.4 Å². The molecule has 0 unspecified atom stereocenters. The third kappa shape index (κ3) is 1.10. The molecule has 1 heterocycles. The first-order valence-electron chi connectivity index (χ1n) is 3.64. The molecule has 0 spiro atoms. The van der Waals surface area contributed by atoms with E-state index in [-0.39, 0.29) is 0 Å². The zero-order valence-corrected chi connectivity index (χ0v) is 7.14. The van der Waals surface area contributed by atoms with E-state index in [9.17, 15) is 0 Å². The van der Waals surface area contributed by atoms with Crippen molar-refractivity contribution in [2.45, 2.75) is 0 Å². The number of hydrogen-bond acceptors (Lipinski definition) is 2. The number of benzene rings is 1. The minimum absolute atomic E-state index is 0.753. The molecule has 1 aromatic heterocycles. The molecule has 0 atom stereocenters. The van der Waals surface area contributed by atoms with Crippen LogP contribution in [0.3, 0.4) is 0 Å². The van der Waals surface area contributed by atoms with Crippen LogP contribution >= 0.6 is 12.2 Å². The largest absolute Gasteiger partial charge is 0.255 e. The van der Waals surface area contributed by atoms with Gasteiger partial charge in [-0.2, -0.15) is 0 Å². The molecular formula is C10H6NS. The second-order valence-corrected chi connectivity index (χ2v) is 2.69. The van der Waals surface area contributed by atoms with Crippen LogP contribution in [-0.2, 0) is 0 Å². The highest BCUT2D eigenvalue weighted by atomic mass is 32.1. The summed E-state index contributed by atoms with van der Waals surface area (Å²) in [5.74, 6) is 0. The number of fused-ring (bicyclic) bond motifs is 1. The van der Waals surface area contributed by atoms with E-state index in [0.717, 1.165) is 16.5 Å². The van der Waals surface area contributed by atoms with Gasteiger partial charge in [0.1, 0.15) is 0 Å². The van der Waals surface area contributed by atoms with Crippen molar-refractivity contribution in [3.63, 3.8) is 0 Å². The van der Waals surface area contributed by atoms with E-state index in [1.807, 2.05) is 30.3 Å². The highest BCUT2D eigenvalue weighted by Crippen LogP contribution is 2.14. The molecule has 0 saturated carbocycles. The lowest BCUT2D eigenvalue weighted by molar-refractivity contribution is 1.35. The van der Waals surface area contributed by atoms with E-state index in [4.69, 9.17) is 12.2 Å². The maximum Gasteiger partial charge on any atom is 0.0904 e. The molecule has 12 heavy (non-hydrogen) atoms. The molecule has 1 nitrogen and oxygen atoms in total. The summed E-state index contributed by atoms with van der Waals surface area (Å²) in [5, 5.41) is 4.86. The third-order valence-electron chi connectivity index (χ3n) is 1.77. The second kappa shape index (κ2) is 2.99. The second-order valence-electron chi connectivity index (χ2n) is 2.48. The van der Waals surface area contributed by atoms with Crippen LogP contribution in [0.1, 0.15) is 5.69 Å². The Kier molecular flexibility index (Phi) is 1.84. The summed E-state index contributed by atoms with van der Waals surface area (Å²) in [4.78, 5) is 4.11. The van der Waals surface area contributed by atoms with Crippen LogP contribution < -0.4 is 0 Å². The zero-order valence-electron chi connectivity index (χ0n) is 6.32. The van der Waals surface area contributed by atoms with E-state index >= 15 is 0 Å². The van der Waals surface area contributed by atoms with Crippen molar-refractivity contribution in [3.05, 3.63) is 42.2 Å². The number of rotatable bonds is 1. The van der Waals surface area contributed by atoms with Crippen molar-refractivity contribution >= 4 is 28.4 Å². The predicted molar refractivity (Wildman–Crippen MR) is 53.4 cm³/mol. The Hall–Kier alpha value is -1.28. The van der Waals surface area contributed by atoms with Gasteiger partial charge in [-0.3, -0.25) is 4.98 Å². The SMILES string of the molecule is S=[C]c1nccc2ccccc12. The molecule has 0 bridgehead atoms. The number of thiocarbonyl (C=S) groups is 1. The Morgan fingerprint density at radius 2 is 2.00 bits per heavy atom. The maximum atomic E-state index is 4.73. The monoisotopic (exact) mass is 172 g/mol. The fraction of sp³-hybridized carbons (Fsp3) is 0. The van der Waals surface area contributed by atoms with E-state index < -0.39 is 0 Å². The summed E-state index contributed by atoms with van der Waals surface area (Å²) in [7, 11) is 0. The van der Waals surface area contributed by atoms with Crippen molar-refractivity contribution in [1.82, 2.24) is 4.98 Å². The van der Waals surface area contributed by atoms with E-state index in [1.54, 1.807) is 6.20 Å². The van der Waals surface area contributed by atoms with Crippen LogP contribution in [0, 0.1) is 0 Å². The molecule has 0 saturated heterocycles. The Morgan fingerprint density at radius 3 is 2.83 bits per heavy atom. The fourth-order valence-electron chi connectivity index (χ4n) is 1.20. The normalized spacial score (nSPS) is 10.0. The van der Waals surface area contributed by atoms with Gasteiger partial charge in [0.2, 0.25) is 0 Å². The van der Waals surface area contributed by atoms with Crippen LogP contribution in [0.2, 0.25) is 0 Å². The first kappa shape index (κ1) is 7.37. The first-order chi connectivity index (χ1) is 5.92. The molecule has 57 valence electrons. The molecule has 2 aromatic rings. The fourth-order valence-corrected chi connectivity index (χ4v) is 1.36. The molecule has 0 aliphatic carbocycles. The summed E-state index contributed by atoms with van der Waals surface area (Å²) in [6.45, 7) is 0. The highest BCUT2D eigenvalue weighted by molar-refractivity contribution is 7.79. The van der Waals surface area contributed by atoms with Gasteiger partial charge in [0.05, 0.1) is 11.1 Å². The first-order valence-corrected chi connectivity index (χ1v) is 4.04. The quantitative estimate of drug-likeness (QED) is 0.613. The van der Waals surface area contributed by atoms with Gasteiger partial charge in [0, 0.05) is 11.6 Å². The molecule has 2 heteroatoms. The zero-order chi connectivity index (χ0) is 8.39. The lowest BCUT2D eigenvalue weighted by Crippen LogP contribution is -1.86. The van der Waals surface area contributed by atoms with E-state index in [0.29, 0.717) is 0 Å². The standard InChI is InChI=1S/C10H6NS/c12-7-10-9-4-2-1-3-8(9)5-6-11-10/h1-6H. The summed E-state index contributed by atoms with van der Waals surface area (Å²) in [6, 6.07) is 9.96. The molecule has 2 rings (SSSR count). The molecule has 1 aromatic carbocycles. The lowest BCUT2D eigenvalue weighted by Gasteiger charge is -1.97. The number of nitrogens with zero attached hydrogens (tertiary/aromatic N) is 1. The third-order valence-corrected chi connectivity index (χ3v) is 1.96. The lowest BCUT2D eigenvalue weighted by atomic mass is 10.1. The van der Waals surface area contributed by atoms with Gasteiger partial charge in [0.15, 0.2) is 0 Å². The van der Waals surface area contributed by atoms with Crippen LogP contribution in [0.5, 0.6) is 0 Å². The van der Waals surface area contributed by atoms with Gasteiger partial charge in [-0.15, -0.1) is 0 Å². The van der Waals surface area contributed by atoms with Gasteiger partial charge >= 0.3 is 0 Å². The van der Waals surface area contributed by atoms with Crippen LogP contribution in [0.4, 0.5) is 0 Å². The Balaban J connectivity index is 2.88. The minimum atomic E-state index is 0.753. The molecule has 0 fully saturated rings. The Labute approximate surface area is 76.1 Å². The molecule has 0 N–H and O–H groups in total. The number of aromatic nitrogens is 1. The van der Waals surface area contributed by atoms with Gasteiger partial charge in [-0.1, -0.05) is 36.5 Å². The molecule has 0 aliphatic rings. The summed E-state index contributed by atoms with van der Waals surface area (Å²) in [6.07, 6.45) is 1.75.